The van der Waals surface area contributed by atoms with E-state index in [0.29, 0.717) is 11.7 Å². The number of rotatable bonds is 9. The lowest BCUT2D eigenvalue weighted by atomic mass is 10.0. The number of carbonyl (C=O) groups excluding carboxylic acids is 2. The predicted octanol–water partition coefficient (Wildman–Crippen LogP) is 2.66. The van der Waals surface area contributed by atoms with Crippen LogP contribution in [-0.4, -0.2) is 43.7 Å². The Labute approximate surface area is 147 Å². The van der Waals surface area contributed by atoms with Gasteiger partial charge in [0, 0.05) is 13.1 Å². The molecule has 0 radical (unpaired) electrons. The second kappa shape index (κ2) is 10.8. The lowest BCUT2D eigenvalue weighted by Gasteiger charge is -2.18. The normalized spacial score (nSPS) is 11.7. The molecule has 0 heterocycles. The molecule has 0 aromatic heterocycles. The molecule has 0 aliphatic rings. The second-order valence-corrected chi connectivity index (χ2v) is 5.87. The summed E-state index contributed by atoms with van der Waals surface area (Å²) < 4.78 is 10.5. The minimum Gasteiger partial charge on any atom is -0.481 e. The zero-order valence-corrected chi connectivity index (χ0v) is 15.1. The molecular formula is C17H25ClN2O4. The van der Waals surface area contributed by atoms with Crippen molar-refractivity contribution < 1.29 is 19.1 Å². The number of benzene rings is 1. The molecule has 0 aliphatic carbocycles. The summed E-state index contributed by atoms with van der Waals surface area (Å²) in [5, 5.41) is 5.21. The minimum absolute atomic E-state index is 0.153. The molecule has 1 aromatic rings. The first-order valence-electron chi connectivity index (χ1n) is 7.95. The average molecular weight is 357 g/mol. The van der Waals surface area contributed by atoms with Gasteiger partial charge in [0.2, 0.25) is 0 Å². The smallest absolute Gasteiger partial charge is 0.407 e. The van der Waals surface area contributed by atoms with Crippen molar-refractivity contribution >= 4 is 23.6 Å². The number of hydrogen-bond acceptors (Lipinski definition) is 4. The van der Waals surface area contributed by atoms with Gasteiger partial charge in [0.25, 0.3) is 5.91 Å². The molecule has 0 saturated heterocycles. The van der Waals surface area contributed by atoms with Crippen LogP contribution in [0.3, 0.4) is 0 Å². The Balaban J connectivity index is 2.37. The monoisotopic (exact) mass is 356 g/mol. The van der Waals surface area contributed by atoms with Crippen LogP contribution in [0.1, 0.15) is 32.3 Å². The van der Waals surface area contributed by atoms with E-state index in [1.807, 2.05) is 24.3 Å². The number of hydrogen-bond donors (Lipinski definition) is 2. The topological polar surface area (TPSA) is 76.7 Å². The van der Waals surface area contributed by atoms with Gasteiger partial charge in [0.1, 0.15) is 12.4 Å². The third-order valence-electron chi connectivity index (χ3n) is 3.22. The van der Waals surface area contributed by atoms with Gasteiger partial charge in [-0.15, -0.1) is 11.6 Å². The molecule has 2 amide bonds. The van der Waals surface area contributed by atoms with Crippen LogP contribution >= 0.6 is 11.6 Å². The van der Waals surface area contributed by atoms with Crippen LogP contribution in [0.5, 0.6) is 5.75 Å². The second-order valence-electron chi connectivity index (χ2n) is 5.50. The number of ether oxygens (including phenoxy) is 2. The van der Waals surface area contributed by atoms with E-state index in [1.54, 1.807) is 6.92 Å². The zero-order chi connectivity index (χ0) is 17.9. The Bertz CT molecular complexity index is 537. The van der Waals surface area contributed by atoms with Crippen molar-refractivity contribution in [3.63, 3.8) is 0 Å². The lowest BCUT2D eigenvalue weighted by Crippen LogP contribution is -2.41. The molecule has 1 atom stereocenters. The van der Waals surface area contributed by atoms with Gasteiger partial charge in [-0.05, 0) is 24.5 Å². The van der Waals surface area contributed by atoms with E-state index < -0.39 is 12.2 Å². The summed E-state index contributed by atoms with van der Waals surface area (Å²) in [5.74, 6) is 1.01. The minimum atomic E-state index is -0.631. The van der Waals surface area contributed by atoms with E-state index >= 15 is 0 Å². The number of alkyl halides is 1. The van der Waals surface area contributed by atoms with Crippen LogP contribution in [0.15, 0.2) is 24.3 Å². The third-order valence-corrected chi connectivity index (χ3v) is 3.37. The van der Waals surface area contributed by atoms with E-state index in [0.717, 1.165) is 5.56 Å². The number of halogens is 1. The summed E-state index contributed by atoms with van der Waals surface area (Å²) in [6, 6.07) is 7.67. The summed E-state index contributed by atoms with van der Waals surface area (Å²) in [4.78, 5) is 23.2. The van der Waals surface area contributed by atoms with Crippen molar-refractivity contribution in [2.75, 3.05) is 25.6 Å². The van der Waals surface area contributed by atoms with Gasteiger partial charge in [-0.3, -0.25) is 4.79 Å². The highest BCUT2D eigenvalue weighted by Gasteiger charge is 2.16. The number of alkyl carbamates (subject to hydrolysis) is 1. The summed E-state index contributed by atoms with van der Waals surface area (Å²) in [6.07, 6.45) is -1.19. The first kappa shape index (κ1) is 20.1. The largest absolute Gasteiger partial charge is 0.481 e. The van der Waals surface area contributed by atoms with Gasteiger partial charge in [-0.2, -0.15) is 0 Å². The van der Waals surface area contributed by atoms with Crippen molar-refractivity contribution in [2.24, 2.45) is 0 Å². The zero-order valence-electron chi connectivity index (χ0n) is 14.3. The van der Waals surface area contributed by atoms with Crippen molar-refractivity contribution in [1.29, 1.82) is 0 Å². The molecule has 24 heavy (non-hydrogen) atoms. The van der Waals surface area contributed by atoms with Gasteiger partial charge in [-0.25, -0.2) is 4.79 Å². The molecule has 2 N–H and O–H groups in total. The first-order valence-corrected chi connectivity index (χ1v) is 8.49. The molecule has 0 aliphatic heterocycles. The third kappa shape index (κ3) is 7.08. The highest BCUT2D eigenvalue weighted by atomic mass is 35.5. The molecule has 1 rings (SSSR count). The van der Waals surface area contributed by atoms with Gasteiger partial charge in [0.15, 0.2) is 6.10 Å². The predicted molar refractivity (Wildman–Crippen MR) is 93.7 cm³/mol. The summed E-state index contributed by atoms with van der Waals surface area (Å²) in [7, 11) is 0. The fourth-order valence-corrected chi connectivity index (χ4v) is 2.06. The maximum atomic E-state index is 12.0. The maximum absolute atomic E-state index is 12.0. The summed E-state index contributed by atoms with van der Waals surface area (Å²) >= 11 is 5.40. The van der Waals surface area contributed by atoms with Gasteiger partial charge >= 0.3 is 6.09 Å². The van der Waals surface area contributed by atoms with Crippen LogP contribution < -0.4 is 15.4 Å². The number of carbonyl (C=O) groups is 2. The van der Waals surface area contributed by atoms with Crippen LogP contribution in [-0.2, 0) is 9.53 Å². The SMILES string of the molecule is CC(Oc1ccccc1C(C)C)C(=O)NCCNC(=O)OCCCl. The Morgan fingerprint density at radius 2 is 1.79 bits per heavy atom. The van der Waals surface area contributed by atoms with Gasteiger partial charge < -0.3 is 20.1 Å². The number of amides is 2. The quantitative estimate of drug-likeness (QED) is 0.527. The van der Waals surface area contributed by atoms with Crippen molar-refractivity contribution in [1.82, 2.24) is 10.6 Å². The van der Waals surface area contributed by atoms with Crippen LogP contribution in [0.2, 0.25) is 0 Å². The fourth-order valence-electron chi connectivity index (χ4n) is 1.99. The van der Waals surface area contributed by atoms with Gasteiger partial charge in [-0.1, -0.05) is 32.0 Å². The fraction of sp³-hybridized carbons (Fsp3) is 0.529. The van der Waals surface area contributed by atoms with E-state index in [1.165, 1.54) is 0 Å². The Morgan fingerprint density at radius 1 is 1.12 bits per heavy atom. The molecule has 6 nitrogen and oxygen atoms in total. The first-order chi connectivity index (χ1) is 11.5. The van der Waals surface area contributed by atoms with E-state index in [-0.39, 0.29) is 31.5 Å². The highest BCUT2D eigenvalue weighted by molar-refractivity contribution is 6.18. The molecule has 0 saturated carbocycles. The van der Waals surface area contributed by atoms with Crippen LogP contribution in [0, 0.1) is 0 Å². The van der Waals surface area contributed by atoms with Crippen molar-refractivity contribution in [3.05, 3.63) is 29.8 Å². The molecule has 134 valence electrons. The Morgan fingerprint density at radius 3 is 2.46 bits per heavy atom. The van der Waals surface area contributed by atoms with Crippen molar-refractivity contribution in [3.8, 4) is 5.75 Å². The summed E-state index contributed by atoms with van der Waals surface area (Å²) in [6.45, 7) is 6.54. The molecule has 0 fully saturated rings. The van der Waals surface area contributed by atoms with Crippen LogP contribution in [0.4, 0.5) is 4.79 Å². The van der Waals surface area contributed by atoms with Gasteiger partial charge in [0.05, 0.1) is 5.88 Å². The van der Waals surface area contributed by atoms with Crippen molar-refractivity contribution in [2.45, 2.75) is 32.8 Å². The van der Waals surface area contributed by atoms with E-state index in [2.05, 4.69) is 24.5 Å². The number of nitrogens with one attached hydrogen (secondary N) is 2. The average Bonchev–Trinajstić information content (AvgIpc) is 2.56. The Kier molecular flexibility index (Phi) is 9.01. The lowest BCUT2D eigenvalue weighted by molar-refractivity contribution is -0.127. The molecule has 0 bridgehead atoms. The van der Waals surface area contributed by atoms with E-state index in [4.69, 9.17) is 21.1 Å². The maximum Gasteiger partial charge on any atom is 0.407 e. The molecule has 0 spiro atoms. The highest BCUT2D eigenvalue weighted by Crippen LogP contribution is 2.26. The molecule has 1 aromatic carbocycles. The molecular weight excluding hydrogens is 332 g/mol. The molecule has 1 unspecified atom stereocenters. The van der Waals surface area contributed by atoms with E-state index in [9.17, 15) is 9.59 Å². The molecule has 7 heteroatoms. The summed E-state index contributed by atoms with van der Waals surface area (Å²) in [5.41, 5.74) is 1.06. The Hall–Kier alpha value is -1.95. The number of para-hydroxylation sites is 1. The standard InChI is InChI=1S/C17H25ClN2O4/c1-12(2)14-6-4-5-7-15(14)24-13(3)16(21)19-9-10-20-17(22)23-11-8-18/h4-7,12-13H,8-11H2,1-3H3,(H,19,21)(H,20,22). The van der Waals surface area contributed by atoms with Crippen LogP contribution in [0.25, 0.3) is 0 Å².